The Bertz CT molecular complexity index is 472. The zero-order chi connectivity index (χ0) is 15.6. The highest BCUT2D eigenvalue weighted by molar-refractivity contribution is 6.31. The van der Waals surface area contributed by atoms with Crippen LogP contribution in [0.3, 0.4) is 0 Å². The topological polar surface area (TPSA) is 23.5 Å². The van der Waals surface area contributed by atoms with Crippen LogP contribution in [0, 0.1) is 5.92 Å². The van der Waals surface area contributed by atoms with Gasteiger partial charge in [0.25, 0.3) is 0 Å². The molecular formula is C18H28ClNO. The SMILES string of the molecule is CCC(C)(O)CC(C1CCC1c1ccccc1Cl)N(C)C. The van der Waals surface area contributed by atoms with Crippen LogP contribution in [0.1, 0.15) is 51.0 Å². The van der Waals surface area contributed by atoms with E-state index in [1.54, 1.807) is 0 Å². The van der Waals surface area contributed by atoms with Gasteiger partial charge in [-0.3, -0.25) is 0 Å². The molecule has 0 saturated heterocycles. The Hall–Kier alpha value is -0.570. The second-order valence-electron chi connectivity index (χ2n) is 6.95. The number of halogens is 1. The van der Waals surface area contributed by atoms with E-state index < -0.39 is 5.60 Å². The molecule has 4 atom stereocenters. The molecule has 2 rings (SSSR count). The van der Waals surface area contributed by atoms with Crippen molar-refractivity contribution in [2.75, 3.05) is 14.1 Å². The van der Waals surface area contributed by atoms with E-state index in [0.29, 0.717) is 17.9 Å². The maximum atomic E-state index is 10.5. The van der Waals surface area contributed by atoms with Crippen molar-refractivity contribution in [3.8, 4) is 0 Å². The molecule has 1 aromatic rings. The van der Waals surface area contributed by atoms with Gasteiger partial charge in [0, 0.05) is 11.1 Å². The van der Waals surface area contributed by atoms with Crippen molar-refractivity contribution in [3.05, 3.63) is 34.9 Å². The van der Waals surface area contributed by atoms with Gasteiger partial charge in [0.05, 0.1) is 5.60 Å². The first-order valence-corrected chi connectivity index (χ1v) is 8.36. The van der Waals surface area contributed by atoms with Crippen molar-refractivity contribution in [2.24, 2.45) is 5.92 Å². The molecule has 0 bridgehead atoms. The maximum Gasteiger partial charge on any atom is 0.0632 e. The first-order valence-electron chi connectivity index (χ1n) is 7.99. The molecule has 4 unspecified atom stereocenters. The van der Waals surface area contributed by atoms with Crippen LogP contribution in [0.4, 0.5) is 0 Å². The zero-order valence-electron chi connectivity index (χ0n) is 13.6. The summed E-state index contributed by atoms with van der Waals surface area (Å²) in [5.74, 6) is 1.11. The molecule has 1 N–H and O–H groups in total. The van der Waals surface area contributed by atoms with Crippen molar-refractivity contribution in [2.45, 2.75) is 57.1 Å². The number of hydrogen-bond donors (Lipinski definition) is 1. The molecule has 1 fully saturated rings. The van der Waals surface area contributed by atoms with Crippen LogP contribution in [0.15, 0.2) is 24.3 Å². The molecular weight excluding hydrogens is 282 g/mol. The van der Waals surface area contributed by atoms with Gasteiger partial charge in [-0.25, -0.2) is 0 Å². The molecule has 2 nitrogen and oxygen atoms in total. The zero-order valence-corrected chi connectivity index (χ0v) is 14.4. The molecule has 1 aliphatic carbocycles. The van der Waals surface area contributed by atoms with Gasteiger partial charge in [-0.2, -0.15) is 0 Å². The number of hydrogen-bond acceptors (Lipinski definition) is 2. The van der Waals surface area contributed by atoms with Gasteiger partial charge >= 0.3 is 0 Å². The second kappa shape index (κ2) is 6.68. The minimum Gasteiger partial charge on any atom is -0.390 e. The van der Waals surface area contributed by atoms with Gasteiger partial charge < -0.3 is 10.0 Å². The fraction of sp³-hybridized carbons (Fsp3) is 0.667. The summed E-state index contributed by atoms with van der Waals surface area (Å²) in [6.07, 6.45) is 4.04. The van der Waals surface area contributed by atoms with E-state index in [9.17, 15) is 5.11 Å². The molecule has 0 aromatic heterocycles. The quantitative estimate of drug-likeness (QED) is 0.846. The number of nitrogens with zero attached hydrogens (tertiary/aromatic N) is 1. The van der Waals surface area contributed by atoms with E-state index in [2.05, 4.69) is 38.1 Å². The molecule has 1 aliphatic rings. The van der Waals surface area contributed by atoms with Crippen molar-refractivity contribution in [1.29, 1.82) is 0 Å². The van der Waals surface area contributed by atoms with Gasteiger partial charge in [-0.1, -0.05) is 36.7 Å². The van der Waals surface area contributed by atoms with Gasteiger partial charge in [0.15, 0.2) is 0 Å². The fourth-order valence-corrected chi connectivity index (χ4v) is 3.74. The summed E-state index contributed by atoms with van der Waals surface area (Å²) in [4.78, 5) is 2.28. The molecule has 118 valence electrons. The largest absolute Gasteiger partial charge is 0.390 e. The Morgan fingerprint density at radius 1 is 1.33 bits per heavy atom. The lowest BCUT2D eigenvalue weighted by Crippen LogP contribution is -2.47. The summed E-state index contributed by atoms with van der Waals surface area (Å²) < 4.78 is 0. The van der Waals surface area contributed by atoms with E-state index in [1.165, 1.54) is 18.4 Å². The molecule has 0 amide bonds. The van der Waals surface area contributed by atoms with Crippen molar-refractivity contribution in [3.63, 3.8) is 0 Å². The maximum absolute atomic E-state index is 10.5. The monoisotopic (exact) mass is 309 g/mol. The molecule has 0 aliphatic heterocycles. The summed E-state index contributed by atoms with van der Waals surface area (Å²) >= 11 is 6.38. The van der Waals surface area contributed by atoms with Crippen molar-refractivity contribution in [1.82, 2.24) is 4.90 Å². The van der Waals surface area contributed by atoms with Gasteiger partial charge in [0.1, 0.15) is 0 Å². The van der Waals surface area contributed by atoms with E-state index in [-0.39, 0.29) is 0 Å². The smallest absolute Gasteiger partial charge is 0.0632 e. The van der Waals surface area contributed by atoms with E-state index in [4.69, 9.17) is 11.6 Å². The number of benzene rings is 1. The van der Waals surface area contributed by atoms with Crippen LogP contribution in [0.2, 0.25) is 5.02 Å². The van der Waals surface area contributed by atoms with Crippen LogP contribution in [-0.4, -0.2) is 35.7 Å². The van der Waals surface area contributed by atoms with Crippen LogP contribution >= 0.6 is 11.6 Å². The van der Waals surface area contributed by atoms with Gasteiger partial charge in [0.2, 0.25) is 0 Å². The minimum absolute atomic E-state index is 0.398. The standard InChI is InChI=1S/C18H28ClNO/c1-5-18(2,21)12-17(20(3)4)15-11-10-13(15)14-8-6-7-9-16(14)19/h6-9,13,15,17,21H,5,10-12H2,1-4H3. The molecule has 0 spiro atoms. The van der Waals surface area contributed by atoms with E-state index >= 15 is 0 Å². The van der Waals surface area contributed by atoms with E-state index in [1.807, 2.05) is 19.1 Å². The van der Waals surface area contributed by atoms with Crippen LogP contribution in [0.5, 0.6) is 0 Å². The number of rotatable bonds is 6. The third-order valence-corrected chi connectivity index (χ3v) is 5.54. The fourth-order valence-electron chi connectivity index (χ4n) is 3.46. The minimum atomic E-state index is -0.588. The lowest BCUT2D eigenvalue weighted by atomic mass is 9.64. The summed E-state index contributed by atoms with van der Waals surface area (Å²) in [5.41, 5.74) is 0.689. The molecule has 1 aromatic carbocycles. The van der Waals surface area contributed by atoms with Crippen LogP contribution < -0.4 is 0 Å². The summed E-state index contributed by atoms with van der Waals surface area (Å²) in [6, 6.07) is 8.60. The first-order chi connectivity index (χ1) is 9.85. The van der Waals surface area contributed by atoms with Crippen molar-refractivity contribution >= 4 is 11.6 Å². The van der Waals surface area contributed by atoms with E-state index in [0.717, 1.165) is 17.9 Å². The summed E-state index contributed by atoms with van der Waals surface area (Å²) in [5, 5.41) is 11.4. The molecule has 0 heterocycles. The highest BCUT2D eigenvalue weighted by Gasteiger charge is 2.41. The molecule has 0 radical (unpaired) electrons. The Morgan fingerprint density at radius 3 is 2.48 bits per heavy atom. The predicted molar refractivity (Wildman–Crippen MR) is 89.9 cm³/mol. The highest BCUT2D eigenvalue weighted by atomic mass is 35.5. The predicted octanol–water partition coefficient (Wildman–Crippen LogP) is 4.31. The third-order valence-electron chi connectivity index (χ3n) is 5.20. The summed E-state index contributed by atoms with van der Waals surface area (Å²) in [7, 11) is 4.25. The van der Waals surface area contributed by atoms with Crippen LogP contribution in [0.25, 0.3) is 0 Å². The Kier molecular flexibility index (Phi) is 5.34. The van der Waals surface area contributed by atoms with Crippen LogP contribution in [-0.2, 0) is 0 Å². The summed E-state index contributed by atoms with van der Waals surface area (Å²) in [6.45, 7) is 4.01. The molecule has 3 heteroatoms. The normalized spacial score (nSPS) is 26.2. The average Bonchev–Trinajstić information content (AvgIpc) is 2.39. The average molecular weight is 310 g/mol. The van der Waals surface area contributed by atoms with Gasteiger partial charge in [-0.15, -0.1) is 0 Å². The Labute approximate surface area is 134 Å². The van der Waals surface area contributed by atoms with Crippen molar-refractivity contribution < 1.29 is 5.11 Å². The lowest BCUT2D eigenvalue weighted by Gasteiger charge is -2.47. The Morgan fingerprint density at radius 2 is 2.00 bits per heavy atom. The first kappa shape index (κ1) is 16.8. The molecule has 21 heavy (non-hydrogen) atoms. The highest BCUT2D eigenvalue weighted by Crippen LogP contribution is 2.48. The van der Waals surface area contributed by atoms with Gasteiger partial charge in [-0.05, 0) is 70.2 Å². The third kappa shape index (κ3) is 3.80. The number of aliphatic hydroxyl groups is 1. The Balaban J connectivity index is 2.17. The second-order valence-corrected chi connectivity index (χ2v) is 7.36. The lowest BCUT2D eigenvalue weighted by molar-refractivity contribution is -0.00586. The molecule has 1 saturated carbocycles.